The second kappa shape index (κ2) is 5.69. The van der Waals surface area contributed by atoms with Gasteiger partial charge in [0.2, 0.25) is 11.9 Å². The zero-order valence-electron chi connectivity index (χ0n) is 12.2. The molecule has 112 valence electrons. The molecule has 2 atom stereocenters. The molecule has 0 saturated carbocycles. The molecule has 0 aliphatic carbocycles. The largest absolute Gasteiger partial charge is 0.371 e. The molecule has 1 aliphatic rings. The Morgan fingerprint density at radius 3 is 3.10 bits per heavy atom. The first-order valence-corrected chi connectivity index (χ1v) is 7.07. The van der Waals surface area contributed by atoms with Crippen molar-refractivity contribution >= 4 is 11.9 Å². The van der Waals surface area contributed by atoms with Crippen molar-refractivity contribution < 1.29 is 9.53 Å². The maximum atomic E-state index is 12.5. The summed E-state index contributed by atoms with van der Waals surface area (Å²) < 4.78 is 7.58. The Hall–Kier alpha value is -2.15. The molecular formula is C14H19N5O2. The van der Waals surface area contributed by atoms with Crippen molar-refractivity contribution in [2.45, 2.75) is 25.9 Å². The molecule has 0 unspecified atom stereocenters. The molecular weight excluding hydrogens is 270 g/mol. The van der Waals surface area contributed by atoms with Gasteiger partial charge in [-0.3, -0.25) is 14.8 Å². The van der Waals surface area contributed by atoms with Crippen molar-refractivity contribution in [3.63, 3.8) is 0 Å². The zero-order valence-corrected chi connectivity index (χ0v) is 12.2. The molecule has 1 aliphatic heterocycles. The highest BCUT2D eigenvalue weighted by molar-refractivity contribution is 5.91. The van der Waals surface area contributed by atoms with E-state index in [0.29, 0.717) is 12.6 Å². The number of hydrogen-bond donors (Lipinski definition) is 2. The molecule has 0 spiro atoms. The van der Waals surface area contributed by atoms with Gasteiger partial charge in [-0.1, -0.05) is 0 Å². The van der Waals surface area contributed by atoms with Crippen molar-refractivity contribution in [3.8, 4) is 0 Å². The summed E-state index contributed by atoms with van der Waals surface area (Å²) in [5.74, 6) is 0.168. The van der Waals surface area contributed by atoms with E-state index in [1.54, 1.807) is 17.1 Å². The van der Waals surface area contributed by atoms with Crippen LogP contribution in [-0.4, -0.2) is 32.3 Å². The number of carbonyl (C=O) groups is 1. The van der Waals surface area contributed by atoms with Gasteiger partial charge in [0.05, 0.1) is 11.6 Å². The summed E-state index contributed by atoms with van der Waals surface area (Å²) >= 11 is 0. The average Bonchev–Trinajstić information content (AvgIpc) is 3.07. The van der Waals surface area contributed by atoms with Gasteiger partial charge in [-0.15, -0.1) is 0 Å². The Morgan fingerprint density at radius 2 is 2.43 bits per heavy atom. The molecule has 0 bridgehead atoms. The molecule has 0 radical (unpaired) electrons. The van der Waals surface area contributed by atoms with Crippen LogP contribution in [0.4, 0.5) is 5.95 Å². The number of imidazole rings is 1. The summed E-state index contributed by atoms with van der Waals surface area (Å²) in [6, 6.07) is 1.90. The van der Waals surface area contributed by atoms with Crippen LogP contribution in [0.15, 0.2) is 18.5 Å². The monoisotopic (exact) mass is 289 g/mol. The number of aryl methyl sites for hydroxylation is 2. The van der Waals surface area contributed by atoms with Gasteiger partial charge >= 0.3 is 0 Å². The molecule has 7 heteroatoms. The second-order valence-electron chi connectivity index (χ2n) is 5.32. The average molecular weight is 289 g/mol. The number of rotatable bonds is 3. The van der Waals surface area contributed by atoms with Crippen LogP contribution in [0, 0.1) is 12.8 Å². The second-order valence-corrected chi connectivity index (χ2v) is 5.32. The van der Waals surface area contributed by atoms with Gasteiger partial charge in [0.25, 0.3) is 0 Å². The third kappa shape index (κ3) is 2.82. The minimum Gasteiger partial charge on any atom is -0.371 e. The van der Waals surface area contributed by atoms with Crippen molar-refractivity contribution in [3.05, 3.63) is 29.8 Å². The van der Waals surface area contributed by atoms with Crippen LogP contribution in [0.1, 0.15) is 30.3 Å². The number of hydrogen-bond acceptors (Lipinski definition) is 4. The van der Waals surface area contributed by atoms with E-state index in [-0.39, 0.29) is 17.9 Å². The van der Waals surface area contributed by atoms with Crippen molar-refractivity contribution in [1.29, 1.82) is 0 Å². The summed E-state index contributed by atoms with van der Waals surface area (Å²) in [6.45, 7) is 2.56. The summed E-state index contributed by atoms with van der Waals surface area (Å²) in [5, 5.41) is 6.99. The Kier molecular flexibility index (Phi) is 3.74. The van der Waals surface area contributed by atoms with E-state index in [0.717, 1.165) is 24.2 Å². The molecule has 1 fully saturated rings. The Bertz CT molecular complexity index is 633. The number of nitrogens with one attached hydrogen (secondary N) is 2. The quantitative estimate of drug-likeness (QED) is 0.898. The lowest BCUT2D eigenvalue weighted by atomic mass is 9.91. The van der Waals surface area contributed by atoms with Gasteiger partial charge in [-0.05, 0) is 25.8 Å². The number of aromatic nitrogens is 4. The van der Waals surface area contributed by atoms with Crippen molar-refractivity contribution in [1.82, 2.24) is 19.7 Å². The molecule has 2 aromatic rings. The van der Waals surface area contributed by atoms with Gasteiger partial charge in [-0.25, -0.2) is 4.98 Å². The first-order chi connectivity index (χ1) is 10.1. The van der Waals surface area contributed by atoms with E-state index >= 15 is 0 Å². The predicted molar refractivity (Wildman–Crippen MR) is 76.6 cm³/mol. The maximum absolute atomic E-state index is 12.5. The standard InChI is InChI=1S/C14H19N5O2/c1-9-8-15-14(17-9)18-13(20)10-4-3-7-21-12(10)11-5-6-16-19(11)2/h5-6,8,10,12H,3-4,7H2,1-2H3,(H2,15,17,18,20)/t10-,12-/m1/s1. The number of anilines is 1. The van der Waals surface area contributed by atoms with Crippen LogP contribution in [-0.2, 0) is 16.6 Å². The van der Waals surface area contributed by atoms with Gasteiger partial charge in [0.15, 0.2) is 0 Å². The fourth-order valence-corrected chi connectivity index (χ4v) is 2.69. The van der Waals surface area contributed by atoms with Gasteiger partial charge < -0.3 is 9.72 Å². The number of H-pyrrole nitrogens is 1. The van der Waals surface area contributed by atoms with E-state index in [1.165, 1.54) is 0 Å². The Morgan fingerprint density at radius 1 is 1.57 bits per heavy atom. The van der Waals surface area contributed by atoms with Crippen LogP contribution in [0.3, 0.4) is 0 Å². The highest BCUT2D eigenvalue weighted by Gasteiger charge is 2.35. The van der Waals surface area contributed by atoms with Gasteiger partial charge in [-0.2, -0.15) is 5.10 Å². The third-order valence-electron chi connectivity index (χ3n) is 3.75. The molecule has 0 aromatic carbocycles. The van der Waals surface area contributed by atoms with Crippen LogP contribution in [0.5, 0.6) is 0 Å². The summed E-state index contributed by atoms with van der Waals surface area (Å²) in [5.41, 5.74) is 1.83. The third-order valence-corrected chi connectivity index (χ3v) is 3.75. The van der Waals surface area contributed by atoms with Crippen LogP contribution in [0.2, 0.25) is 0 Å². The number of nitrogens with zero attached hydrogens (tertiary/aromatic N) is 3. The topological polar surface area (TPSA) is 84.8 Å². The van der Waals surface area contributed by atoms with E-state index in [1.807, 2.05) is 20.0 Å². The van der Waals surface area contributed by atoms with Crippen molar-refractivity contribution in [2.75, 3.05) is 11.9 Å². The number of amides is 1. The van der Waals surface area contributed by atoms with E-state index < -0.39 is 0 Å². The van der Waals surface area contributed by atoms with Crippen LogP contribution < -0.4 is 5.32 Å². The first kappa shape index (κ1) is 13.8. The normalized spacial score (nSPS) is 22.2. The highest BCUT2D eigenvalue weighted by Crippen LogP contribution is 2.33. The van der Waals surface area contributed by atoms with Crippen LogP contribution in [0.25, 0.3) is 0 Å². The molecule has 3 heterocycles. The van der Waals surface area contributed by atoms with Gasteiger partial charge in [0.1, 0.15) is 6.10 Å². The molecule has 1 saturated heterocycles. The SMILES string of the molecule is Cc1cnc(NC(=O)[C@@H]2CCCO[C@H]2c2ccnn2C)[nH]1. The fourth-order valence-electron chi connectivity index (χ4n) is 2.69. The molecule has 2 N–H and O–H groups in total. The lowest BCUT2D eigenvalue weighted by molar-refractivity contribution is -0.129. The molecule has 3 rings (SSSR count). The summed E-state index contributed by atoms with van der Waals surface area (Å²) in [6.07, 6.45) is 4.82. The Labute approximate surface area is 122 Å². The molecule has 1 amide bonds. The van der Waals surface area contributed by atoms with Gasteiger partial charge in [0, 0.05) is 31.7 Å². The summed E-state index contributed by atoms with van der Waals surface area (Å²) in [4.78, 5) is 19.6. The smallest absolute Gasteiger partial charge is 0.232 e. The minimum absolute atomic E-state index is 0.0738. The molecule has 7 nitrogen and oxygen atoms in total. The van der Waals surface area contributed by atoms with E-state index in [2.05, 4.69) is 20.4 Å². The first-order valence-electron chi connectivity index (χ1n) is 7.07. The zero-order chi connectivity index (χ0) is 14.8. The maximum Gasteiger partial charge on any atom is 0.232 e. The van der Waals surface area contributed by atoms with Crippen LogP contribution >= 0.6 is 0 Å². The number of aromatic amines is 1. The van der Waals surface area contributed by atoms with E-state index in [4.69, 9.17) is 4.74 Å². The molecule has 21 heavy (non-hydrogen) atoms. The van der Waals surface area contributed by atoms with Crippen molar-refractivity contribution in [2.24, 2.45) is 13.0 Å². The summed E-state index contributed by atoms with van der Waals surface area (Å²) in [7, 11) is 1.86. The Balaban J connectivity index is 1.77. The molecule has 2 aromatic heterocycles. The minimum atomic E-state index is -0.262. The predicted octanol–water partition coefficient (Wildman–Crippen LogP) is 1.56. The number of ether oxygens (including phenoxy) is 1. The highest BCUT2D eigenvalue weighted by atomic mass is 16.5. The van der Waals surface area contributed by atoms with E-state index in [9.17, 15) is 4.79 Å². The lowest BCUT2D eigenvalue weighted by Crippen LogP contribution is -2.34. The number of carbonyl (C=O) groups excluding carboxylic acids is 1. The fraction of sp³-hybridized carbons (Fsp3) is 0.500. The lowest BCUT2D eigenvalue weighted by Gasteiger charge is -2.30.